The molecule has 1 fully saturated rings. The van der Waals surface area contributed by atoms with Gasteiger partial charge in [0.15, 0.2) is 5.58 Å². The predicted molar refractivity (Wildman–Crippen MR) is 107 cm³/mol. The number of carbonyl (C=O) groups is 2. The van der Waals surface area contributed by atoms with Crippen molar-refractivity contribution in [3.8, 4) is 0 Å². The van der Waals surface area contributed by atoms with Crippen molar-refractivity contribution in [1.82, 2.24) is 24.4 Å². The van der Waals surface area contributed by atoms with Crippen LogP contribution in [0.4, 0.5) is 0 Å². The molecule has 154 valence electrons. The molecule has 0 aliphatic carbocycles. The Morgan fingerprint density at radius 1 is 1.34 bits per heavy atom. The monoisotopic (exact) mass is 399 g/mol. The number of furan rings is 1. The van der Waals surface area contributed by atoms with Gasteiger partial charge in [-0.1, -0.05) is 6.92 Å². The Morgan fingerprint density at radius 3 is 2.90 bits per heavy atom. The molecule has 1 aliphatic rings. The molecule has 3 aromatic rings. The van der Waals surface area contributed by atoms with Crippen LogP contribution in [-0.2, 0) is 16.0 Å². The number of aromatic nitrogens is 3. The summed E-state index contributed by atoms with van der Waals surface area (Å²) in [5, 5.41) is 7.31. The predicted octanol–water partition coefficient (Wildman–Crippen LogP) is 1.49. The number of rotatable bonds is 7. The molecule has 9 heteroatoms. The third-order valence-corrected chi connectivity index (χ3v) is 5.47. The van der Waals surface area contributed by atoms with E-state index < -0.39 is 6.04 Å². The molecular weight excluding hydrogens is 374 g/mol. The number of nitrogens with one attached hydrogen (secondary N) is 1. The molecule has 1 atom stereocenters. The van der Waals surface area contributed by atoms with Gasteiger partial charge < -0.3 is 14.6 Å². The molecule has 0 radical (unpaired) electrons. The van der Waals surface area contributed by atoms with Gasteiger partial charge in [-0.3, -0.25) is 18.8 Å². The first-order valence-electron chi connectivity index (χ1n) is 10.1. The van der Waals surface area contributed by atoms with E-state index in [4.69, 9.17) is 4.42 Å². The third kappa shape index (κ3) is 3.41. The molecule has 4 rings (SSSR count). The van der Waals surface area contributed by atoms with E-state index >= 15 is 0 Å². The van der Waals surface area contributed by atoms with Crippen LogP contribution in [0.25, 0.3) is 16.6 Å². The maximum atomic E-state index is 13.0. The smallest absolute Gasteiger partial charge is 0.291 e. The van der Waals surface area contributed by atoms with E-state index in [1.807, 2.05) is 11.8 Å². The highest BCUT2D eigenvalue weighted by molar-refractivity contribution is 5.83. The number of hydrogen-bond acceptors (Lipinski definition) is 5. The van der Waals surface area contributed by atoms with Crippen molar-refractivity contribution in [2.24, 2.45) is 0 Å². The quantitative estimate of drug-likeness (QED) is 0.607. The van der Waals surface area contributed by atoms with Gasteiger partial charge in [-0.05, 0) is 19.8 Å². The highest BCUT2D eigenvalue weighted by atomic mass is 16.3. The van der Waals surface area contributed by atoms with Crippen molar-refractivity contribution < 1.29 is 14.0 Å². The molecule has 0 saturated carbocycles. The number of carbonyl (C=O) groups excluding carboxylic acids is 2. The second kappa shape index (κ2) is 7.73. The van der Waals surface area contributed by atoms with Crippen molar-refractivity contribution in [1.29, 1.82) is 0 Å². The molecule has 1 saturated heterocycles. The third-order valence-electron chi connectivity index (χ3n) is 5.47. The molecule has 0 aromatic carbocycles. The standard InChI is InChI=1S/C20H25N5O4/c1-3-17-22-25(20(28)15-12-16-14(24(15)17)7-11-29-16)13(2)19(27)21-8-5-10-23-9-4-6-18(23)26/h7,11-13H,3-6,8-10H2,1-2H3,(H,21,27). The summed E-state index contributed by atoms with van der Waals surface area (Å²) in [7, 11) is 0. The fraction of sp³-hybridized carbons (Fsp3) is 0.500. The molecule has 2 amide bonds. The van der Waals surface area contributed by atoms with Crippen LogP contribution in [0.3, 0.4) is 0 Å². The van der Waals surface area contributed by atoms with E-state index in [0.717, 1.165) is 18.5 Å². The second-order valence-corrected chi connectivity index (χ2v) is 7.36. The maximum Gasteiger partial charge on any atom is 0.291 e. The van der Waals surface area contributed by atoms with Gasteiger partial charge in [0.2, 0.25) is 11.8 Å². The lowest BCUT2D eigenvalue weighted by atomic mass is 10.3. The first-order valence-corrected chi connectivity index (χ1v) is 10.1. The van der Waals surface area contributed by atoms with Gasteiger partial charge in [0.25, 0.3) is 5.56 Å². The zero-order chi connectivity index (χ0) is 20.5. The molecule has 3 aromatic heterocycles. The summed E-state index contributed by atoms with van der Waals surface area (Å²) in [6.45, 7) is 5.50. The Bertz CT molecular complexity index is 1130. The molecule has 0 bridgehead atoms. The fourth-order valence-corrected chi connectivity index (χ4v) is 3.86. The number of aryl methyl sites for hydroxylation is 1. The summed E-state index contributed by atoms with van der Waals surface area (Å²) in [6, 6.07) is 2.74. The Hall–Kier alpha value is -3.10. The lowest BCUT2D eigenvalue weighted by molar-refractivity contribution is -0.127. The van der Waals surface area contributed by atoms with Gasteiger partial charge in [0.05, 0.1) is 11.8 Å². The van der Waals surface area contributed by atoms with Gasteiger partial charge in [-0.2, -0.15) is 5.10 Å². The summed E-state index contributed by atoms with van der Waals surface area (Å²) in [6.07, 6.45) is 4.38. The fourth-order valence-electron chi connectivity index (χ4n) is 3.86. The minimum absolute atomic E-state index is 0.179. The van der Waals surface area contributed by atoms with Crippen molar-refractivity contribution in [2.45, 2.75) is 45.6 Å². The summed E-state index contributed by atoms with van der Waals surface area (Å²) in [5.74, 6) is 0.593. The molecule has 0 spiro atoms. The summed E-state index contributed by atoms with van der Waals surface area (Å²) < 4.78 is 8.45. The minimum atomic E-state index is -0.743. The van der Waals surface area contributed by atoms with Crippen LogP contribution in [0.1, 0.15) is 45.0 Å². The lowest BCUT2D eigenvalue weighted by Gasteiger charge is -2.18. The zero-order valence-corrected chi connectivity index (χ0v) is 16.7. The zero-order valence-electron chi connectivity index (χ0n) is 16.7. The first kappa shape index (κ1) is 19.2. The number of hydrogen-bond donors (Lipinski definition) is 1. The average Bonchev–Trinajstić information content (AvgIpc) is 3.41. The summed E-state index contributed by atoms with van der Waals surface area (Å²) in [5.41, 5.74) is 1.52. The van der Waals surface area contributed by atoms with Crippen molar-refractivity contribution in [3.63, 3.8) is 0 Å². The van der Waals surface area contributed by atoms with Crippen LogP contribution in [0.15, 0.2) is 27.6 Å². The molecule has 29 heavy (non-hydrogen) atoms. The van der Waals surface area contributed by atoms with E-state index in [2.05, 4.69) is 10.4 Å². The van der Waals surface area contributed by atoms with Crippen LogP contribution < -0.4 is 10.9 Å². The van der Waals surface area contributed by atoms with E-state index in [9.17, 15) is 14.4 Å². The average molecular weight is 399 g/mol. The Labute approximate surface area is 167 Å². The number of amides is 2. The van der Waals surface area contributed by atoms with Gasteiger partial charge in [-0.15, -0.1) is 0 Å². The van der Waals surface area contributed by atoms with Gasteiger partial charge >= 0.3 is 0 Å². The topological polar surface area (TPSA) is 102 Å². The largest absolute Gasteiger partial charge is 0.463 e. The second-order valence-electron chi connectivity index (χ2n) is 7.36. The van der Waals surface area contributed by atoms with E-state index in [-0.39, 0.29) is 17.4 Å². The van der Waals surface area contributed by atoms with Crippen LogP contribution in [0.5, 0.6) is 0 Å². The van der Waals surface area contributed by atoms with E-state index in [1.54, 1.807) is 29.7 Å². The van der Waals surface area contributed by atoms with Crippen LogP contribution >= 0.6 is 0 Å². The minimum Gasteiger partial charge on any atom is -0.463 e. The maximum absolute atomic E-state index is 13.0. The van der Waals surface area contributed by atoms with Crippen LogP contribution in [-0.4, -0.2) is 50.5 Å². The molecular formula is C20H25N5O4. The number of nitrogens with zero attached hydrogens (tertiary/aromatic N) is 4. The highest BCUT2D eigenvalue weighted by Gasteiger charge is 2.23. The summed E-state index contributed by atoms with van der Waals surface area (Å²) in [4.78, 5) is 39.0. The van der Waals surface area contributed by atoms with Gasteiger partial charge in [0, 0.05) is 44.6 Å². The number of fused-ring (bicyclic) bond motifs is 3. The molecule has 1 unspecified atom stereocenters. The van der Waals surface area contributed by atoms with Crippen LogP contribution in [0, 0.1) is 0 Å². The first-order chi connectivity index (χ1) is 14.0. The van der Waals surface area contributed by atoms with Gasteiger partial charge in [-0.25, -0.2) is 4.68 Å². The highest BCUT2D eigenvalue weighted by Crippen LogP contribution is 2.21. The van der Waals surface area contributed by atoms with Crippen molar-refractivity contribution in [3.05, 3.63) is 34.6 Å². The Kier molecular flexibility index (Phi) is 5.12. The molecule has 1 N–H and O–H groups in total. The molecule has 4 heterocycles. The van der Waals surface area contributed by atoms with Gasteiger partial charge in [0.1, 0.15) is 17.4 Å². The van der Waals surface area contributed by atoms with E-state index in [1.165, 1.54) is 4.68 Å². The van der Waals surface area contributed by atoms with E-state index in [0.29, 0.717) is 49.3 Å². The Morgan fingerprint density at radius 2 is 2.17 bits per heavy atom. The number of likely N-dealkylation sites (tertiary alicyclic amines) is 1. The van der Waals surface area contributed by atoms with Crippen LogP contribution in [0.2, 0.25) is 0 Å². The molecule has 9 nitrogen and oxygen atoms in total. The Balaban J connectivity index is 1.49. The SMILES string of the molecule is CCc1nn(C(C)C(=O)NCCCN2CCCC2=O)c(=O)c2cc3occc3n12. The van der Waals surface area contributed by atoms with Crippen molar-refractivity contribution in [2.75, 3.05) is 19.6 Å². The molecule has 1 aliphatic heterocycles. The lowest BCUT2D eigenvalue weighted by Crippen LogP contribution is -2.39. The normalized spacial score (nSPS) is 15.5. The summed E-state index contributed by atoms with van der Waals surface area (Å²) >= 11 is 0. The van der Waals surface area contributed by atoms with Crippen molar-refractivity contribution >= 4 is 28.4 Å².